The van der Waals surface area contributed by atoms with Crippen molar-refractivity contribution in [1.29, 1.82) is 0 Å². The Morgan fingerprint density at radius 1 is 1.16 bits per heavy atom. The molecule has 2 aromatic carbocycles. The summed E-state index contributed by atoms with van der Waals surface area (Å²) in [4.78, 5) is 26.0. The Morgan fingerprint density at radius 3 is 2.40 bits per heavy atom. The van der Waals surface area contributed by atoms with Crippen LogP contribution in [0.15, 0.2) is 53.4 Å². The number of hydrogen-bond donors (Lipinski definition) is 1. The third kappa shape index (κ3) is 3.57. The van der Waals surface area contributed by atoms with Crippen molar-refractivity contribution in [2.75, 3.05) is 12.0 Å². The summed E-state index contributed by atoms with van der Waals surface area (Å²) >= 11 is 6.51. The van der Waals surface area contributed by atoms with Gasteiger partial charge in [0.05, 0.1) is 23.3 Å². The van der Waals surface area contributed by atoms with E-state index in [4.69, 9.17) is 12.2 Å². The average molecular weight is 371 g/mol. The van der Waals surface area contributed by atoms with Crippen molar-refractivity contribution in [3.05, 3.63) is 64.6 Å². The van der Waals surface area contributed by atoms with Gasteiger partial charge in [-0.3, -0.25) is 9.69 Å². The quantitative estimate of drug-likeness (QED) is 0.505. The number of ether oxygens (including phenoxy) is 1. The molecule has 0 atom stereocenters. The molecule has 1 aliphatic rings. The third-order valence-electron chi connectivity index (χ3n) is 3.53. The summed E-state index contributed by atoms with van der Waals surface area (Å²) in [6.45, 7) is 0. The van der Waals surface area contributed by atoms with Crippen LogP contribution < -0.4 is 4.90 Å². The van der Waals surface area contributed by atoms with Gasteiger partial charge in [0.2, 0.25) is 0 Å². The molecule has 0 saturated carbocycles. The summed E-state index contributed by atoms with van der Waals surface area (Å²) in [5.41, 5.74) is 1.82. The number of benzene rings is 2. The zero-order valence-electron chi connectivity index (χ0n) is 13.1. The first kappa shape index (κ1) is 17.2. The molecule has 1 N–H and O–H groups in total. The van der Waals surface area contributed by atoms with Crippen molar-refractivity contribution >= 4 is 51.9 Å². The zero-order valence-corrected chi connectivity index (χ0v) is 14.8. The second-order valence-electron chi connectivity index (χ2n) is 5.15. The van der Waals surface area contributed by atoms with Crippen molar-refractivity contribution in [1.82, 2.24) is 0 Å². The number of aromatic hydroxyl groups is 1. The van der Waals surface area contributed by atoms with Crippen molar-refractivity contribution in [2.24, 2.45) is 0 Å². The minimum atomic E-state index is -0.412. The Kier molecular flexibility index (Phi) is 4.87. The highest BCUT2D eigenvalue weighted by Crippen LogP contribution is 2.36. The molecule has 1 amide bonds. The average Bonchev–Trinajstić information content (AvgIpc) is 2.89. The summed E-state index contributed by atoms with van der Waals surface area (Å²) in [5.74, 6) is -0.515. The molecule has 1 fully saturated rings. The van der Waals surface area contributed by atoms with Gasteiger partial charge in [0.25, 0.3) is 5.91 Å². The molecule has 1 aliphatic heterocycles. The summed E-state index contributed by atoms with van der Waals surface area (Å²) in [7, 11) is 1.32. The molecule has 0 bridgehead atoms. The molecule has 0 unspecified atom stereocenters. The van der Waals surface area contributed by atoms with E-state index in [2.05, 4.69) is 4.74 Å². The largest absolute Gasteiger partial charge is 0.508 e. The number of phenols is 1. The first-order chi connectivity index (χ1) is 12.0. The molecule has 25 heavy (non-hydrogen) atoms. The van der Waals surface area contributed by atoms with E-state index < -0.39 is 5.97 Å². The second-order valence-corrected chi connectivity index (χ2v) is 6.82. The van der Waals surface area contributed by atoms with Crippen LogP contribution in [0.25, 0.3) is 6.08 Å². The number of nitrogens with zero attached hydrogens (tertiary/aromatic N) is 1. The Hall–Kier alpha value is -2.64. The van der Waals surface area contributed by atoms with Crippen LogP contribution in [0.3, 0.4) is 0 Å². The summed E-state index contributed by atoms with van der Waals surface area (Å²) in [6.07, 6.45) is 1.72. The lowest BCUT2D eigenvalue weighted by Crippen LogP contribution is -2.27. The SMILES string of the molecule is COC(=O)c1ccc(C=C2SC(=S)N(c3ccc(O)cc3)C2=O)cc1. The number of thiocarbonyl (C=S) groups is 1. The molecule has 126 valence electrons. The molecule has 0 spiro atoms. The molecule has 1 heterocycles. The molecule has 2 aromatic rings. The van der Waals surface area contributed by atoms with Gasteiger partial charge in [-0.2, -0.15) is 0 Å². The van der Waals surface area contributed by atoms with E-state index in [0.29, 0.717) is 20.5 Å². The second kappa shape index (κ2) is 7.08. The lowest BCUT2D eigenvalue weighted by atomic mass is 10.1. The minimum absolute atomic E-state index is 0.121. The highest BCUT2D eigenvalue weighted by atomic mass is 32.2. The lowest BCUT2D eigenvalue weighted by molar-refractivity contribution is -0.113. The third-order valence-corrected chi connectivity index (χ3v) is 4.83. The Morgan fingerprint density at radius 2 is 1.80 bits per heavy atom. The fraction of sp³-hybridized carbons (Fsp3) is 0.0556. The van der Waals surface area contributed by atoms with Crippen LogP contribution in [0.1, 0.15) is 15.9 Å². The lowest BCUT2D eigenvalue weighted by Gasteiger charge is -2.14. The smallest absolute Gasteiger partial charge is 0.337 e. The number of amides is 1. The van der Waals surface area contributed by atoms with Crippen LogP contribution in [0.2, 0.25) is 0 Å². The summed E-state index contributed by atoms with van der Waals surface area (Å²) in [6, 6.07) is 13.0. The van der Waals surface area contributed by atoms with Gasteiger partial charge in [-0.1, -0.05) is 36.1 Å². The summed E-state index contributed by atoms with van der Waals surface area (Å²) in [5, 5.41) is 9.37. The first-order valence-corrected chi connectivity index (χ1v) is 8.47. The van der Waals surface area contributed by atoms with Crippen LogP contribution in [-0.4, -0.2) is 28.4 Å². The van der Waals surface area contributed by atoms with Gasteiger partial charge >= 0.3 is 5.97 Å². The maximum absolute atomic E-state index is 12.6. The molecular formula is C18H13NO4S2. The molecule has 7 heteroatoms. The number of rotatable bonds is 3. The zero-order chi connectivity index (χ0) is 18.0. The molecule has 0 aromatic heterocycles. The van der Waals surface area contributed by atoms with Crippen molar-refractivity contribution < 1.29 is 19.4 Å². The number of esters is 1. The standard InChI is InChI=1S/C18H13NO4S2/c1-23-17(22)12-4-2-11(3-5-12)10-15-16(21)19(18(24)25-15)13-6-8-14(20)9-7-13/h2-10,20H,1H3. The highest BCUT2D eigenvalue weighted by molar-refractivity contribution is 8.27. The van der Waals surface area contributed by atoms with E-state index in [1.165, 1.54) is 35.9 Å². The number of carbonyl (C=O) groups excluding carboxylic acids is 2. The maximum atomic E-state index is 12.6. The highest BCUT2D eigenvalue weighted by Gasteiger charge is 2.33. The minimum Gasteiger partial charge on any atom is -0.508 e. The molecule has 3 rings (SSSR count). The Balaban J connectivity index is 1.85. The van der Waals surface area contributed by atoms with Crippen LogP contribution >= 0.6 is 24.0 Å². The fourth-order valence-electron chi connectivity index (χ4n) is 2.28. The number of phenolic OH excluding ortho intramolecular Hbond substituents is 1. The predicted molar refractivity (Wildman–Crippen MR) is 102 cm³/mol. The van der Waals surface area contributed by atoms with Crippen LogP contribution in [0, 0.1) is 0 Å². The monoisotopic (exact) mass is 371 g/mol. The topological polar surface area (TPSA) is 66.8 Å². The van der Waals surface area contributed by atoms with E-state index >= 15 is 0 Å². The van der Waals surface area contributed by atoms with Crippen molar-refractivity contribution in [3.63, 3.8) is 0 Å². The van der Waals surface area contributed by atoms with Crippen LogP contribution in [0.5, 0.6) is 5.75 Å². The number of hydrogen-bond acceptors (Lipinski definition) is 6. The van der Waals surface area contributed by atoms with Crippen LogP contribution in [0.4, 0.5) is 5.69 Å². The van der Waals surface area contributed by atoms with Gasteiger partial charge in [0.15, 0.2) is 4.32 Å². The fourth-order valence-corrected chi connectivity index (χ4v) is 3.58. The van der Waals surface area contributed by atoms with Crippen LogP contribution in [-0.2, 0) is 9.53 Å². The number of anilines is 1. The van der Waals surface area contributed by atoms with Crippen molar-refractivity contribution in [2.45, 2.75) is 0 Å². The van der Waals surface area contributed by atoms with Crippen molar-refractivity contribution in [3.8, 4) is 5.75 Å². The Bertz CT molecular complexity index is 873. The van der Waals surface area contributed by atoms with E-state index in [-0.39, 0.29) is 11.7 Å². The van der Waals surface area contributed by atoms with Gasteiger partial charge in [0, 0.05) is 0 Å². The van der Waals surface area contributed by atoms with Gasteiger partial charge in [0.1, 0.15) is 5.75 Å². The number of thioether (sulfide) groups is 1. The maximum Gasteiger partial charge on any atom is 0.337 e. The molecule has 0 aliphatic carbocycles. The number of methoxy groups -OCH3 is 1. The van der Waals surface area contributed by atoms with E-state index in [1.807, 2.05) is 0 Å². The molecule has 0 radical (unpaired) electrons. The molecular weight excluding hydrogens is 358 g/mol. The summed E-state index contributed by atoms with van der Waals surface area (Å²) < 4.78 is 5.08. The van der Waals surface area contributed by atoms with Gasteiger partial charge in [-0.15, -0.1) is 0 Å². The van der Waals surface area contributed by atoms with E-state index in [9.17, 15) is 14.7 Å². The first-order valence-electron chi connectivity index (χ1n) is 7.25. The molecule has 1 saturated heterocycles. The predicted octanol–water partition coefficient (Wildman–Crippen LogP) is 3.58. The Labute approximate surface area is 153 Å². The molecule has 5 nitrogen and oxygen atoms in total. The van der Waals surface area contributed by atoms with E-state index in [1.54, 1.807) is 42.5 Å². The van der Waals surface area contributed by atoms with Gasteiger partial charge < -0.3 is 9.84 Å². The van der Waals surface area contributed by atoms with Gasteiger partial charge in [-0.05, 0) is 48.0 Å². The number of carbonyl (C=O) groups is 2. The van der Waals surface area contributed by atoms with Gasteiger partial charge in [-0.25, -0.2) is 4.79 Å². The van der Waals surface area contributed by atoms with E-state index in [0.717, 1.165) is 5.56 Å². The normalized spacial score (nSPS) is 15.7.